The van der Waals surface area contributed by atoms with Crippen LogP contribution in [0, 0.1) is 0 Å². The number of rotatable bonds is 5. The number of carbonyl (C=O) groups excluding carboxylic acids is 2. The van der Waals surface area contributed by atoms with E-state index in [0.717, 1.165) is 12.8 Å². The van der Waals surface area contributed by atoms with Gasteiger partial charge in [0.05, 0.1) is 0 Å². The molecular formula is C11H23N3O3. The molecule has 0 aliphatic rings. The van der Waals surface area contributed by atoms with Crippen LogP contribution in [0.4, 0.5) is 9.59 Å². The van der Waals surface area contributed by atoms with Gasteiger partial charge in [0.25, 0.3) is 0 Å². The predicted octanol–water partition coefficient (Wildman–Crippen LogP) is 1.30. The zero-order chi connectivity index (χ0) is 13.5. The van der Waals surface area contributed by atoms with Crippen molar-refractivity contribution in [3.8, 4) is 0 Å². The van der Waals surface area contributed by atoms with Crippen LogP contribution in [-0.2, 0) is 4.74 Å². The third-order valence-corrected chi connectivity index (χ3v) is 1.92. The molecule has 0 atom stereocenters. The minimum atomic E-state index is -0.523. The van der Waals surface area contributed by atoms with Crippen LogP contribution in [0.1, 0.15) is 33.6 Å². The Morgan fingerprint density at radius 2 is 1.88 bits per heavy atom. The molecule has 0 aromatic rings. The van der Waals surface area contributed by atoms with E-state index in [1.165, 1.54) is 4.90 Å². The van der Waals surface area contributed by atoms with Crippen LogP contribution < -0.4 is 11.1 Å². The van der Waals surface area contributed by atoms with E-state index >= 15 is 0 Å². The fourth-order valence-electron chi connectivity index (χ4n) is 1.12. The lowest BCUT2D eigenvalue weighted by molar-refractivity contribution is 0.0296. The lowest BCUT2D eigenvalue weighted by Gasteiger charge is -2.24. The second kappa shape index (κ2) is 6.98. The highest BCUT2D eigenvalue weighted by Crippen LogP contribution is 2.09. The number of primary amides is 1. The zero-order valence-corrected chi connectivity index (χ0v) is 11.1. The summed E-state index contributed by atoms with van der Waals surface area (Å²) in [6, 6.07) is -0.523. The number of nitrogens with one attached hydrogen (secondary N) is 1. The van der Waals surface area contributed by atoms with Crippen LogP contribution in [0.5, 0.6) is 0 Å². The summed E-state index contributed by atoms with van der Waals surface area (Å²) in [4.78, 5) is 23.5. The first-order valence-electron chi connectivity index (χ1n) is 5.70. The Morgan fingerprint density at radius 1 is 1.29 bits per heavy atom. The van der Waals surface area contributed by atoms with Gasteiger partial charge in [0.1, 0.15) is 5.60 Å². The molecule has 17 heavy (non-hydrogen) atoms. The van der Waals surface area contributed by atoms with E-state index in [9.17, 15) is 9.59 Å². The fraction of sp³-hybridized carbons (Fsp3) is 0.818. The second-order valence-corrected chi connectivity index (χ2v) is 4.90. The fourth-order valence-corrected chi connectivity index (χ4v) is 1.12. The predicted molar refractivity (Wildman–Crippen MR) is 65.7 cm³/mol. The largest absolute Gasteiger partial charge is 0.444 e. The highest BCUT2D eigenvalue weighted by molar-refractivity contribution is 5.71. The number of carbonyl (C=O) groups is 2. The maximum absolute atomic E-state index is 11.5. The van der Waals surface area contributed by atoms with Gasteiger partial charge in [-0.3, -0.25) is 0 Å². The molecule has 0 aliphatic carbocycles. The van der Waals surface area contributed by atoms with Crippen molar-refractivity contribution in [1.82, 2.24) is 10.2 Å². The molecule has 0 saturated heterocycles. The molecule has 3 N–H and O–H groups in total. The van der Waals surface area contributed by atoms with Gasteiger partial charge < -0.3 is 20.7 Å². The molecule has 100 valence electrons. The molecule has 0 saturated carbocycles. The molecule has 0 heterocycles. The summed E-state index contributed by atoms with van der Waals surface area (Å²) in [5.74, 6) is 0. The smallest absolute Gasteiger partial charge is 0.410 e. The average Bonchev–Trinajstić information content (AvgIpc) is 2.13. The average molecular weight is 245 g/mol. The third kappa shape index (κ3) is 9.47. The van der Waals surface area contributed by atoms with Crippen molar-refractivity contribution in [3.63, 3.8) is 0 Å². The summed E-state index contributed by atoms with van der Waals surface area (Å²) in [5, 5.41) is 2.49. The topological polar surface area (TPSA) is 84.7 Å². The molecule has 0 spiro atoms. The van der Waals surface area contributed by atoms with E-state index in [1.807, 2.05) is 20.8 Å². The third-order valence-electron chi connectivity index (χ3n) is 1.92. The SMILES string of the molecule is CN(CCCCNC(N)=O)C(=O)OC(C)(C)C. The van der Waals surface area contributed by atoms with E-state index in [1.54, 1.807) is 7.05 Å². The molecule has 6 heteroatoms. The van der Waals surface area contributed by atoms with Crippen LogP contribution in [0.15, 0.2) is 0 Å². The van der Waals surface area contributed by atoms with Crippen molar-refractivity contribution >= 4 is 12.1 Å². The number of unbranched alkanes of at least 4 members (excludes halogenated alkanes) is 1. The quantitative estimate of drug-likeness (QED) is 0.716. The van der Waals surface area contributed by atoms with Gasteiger partial charge in [-0.05, 0) is 33.6 Å². The standard InChI is InChI=1S/C11H23N3O3/c1-11(2,3)17-10(16)14(4)8-6-5-7-13-9(12)15/h5-8H2,1-4H3,(H3,12,13,15). The monoisotopic (exact) mass is 245 g/mol. The molecule has 0 fully saturated rings. The van der Waals surface area contributed by atoms with E-state index in [2.05, 4.69) is 5.32 Å². The van der Waals surface area contributed by atoms with Crippen molar-refractivity contribution in [2.24, 2.45) is 5.73 Å². The number of urea groups is 1. The number of hydrogen-bond donors (Lipinski definition) is 2. The Bertz CT molecular complexity index is 261. The Kier molecular flexibility index (Phi) is 6.38. The van der Waals surface area contributed by atoms with Crippen molar-refractivity contribution < 1.29 is 14.3 Å². The van der Waals surface area contributed by atoms with Crippen molar-refractivity contribution in [2.75, 3.05) is 20.1 Å². The molecule has 3 amide bonds. The van der Waals surface area contributed by atoms with Gasteiger partial charge in [-0.1, -0.05) is 0 Å². The van der Waals surface area contributed by atoms with Gasteiger partial charge in [0, 0.05) is 20.1 Å². The minimum Gasteiger partial charge on any atom is -0.444 e. The van der Waals surface area contributed by atoms with Crippen molar-refractivity contribution in [3.05, 3.63) is 0 Å². The van der Waals surface area contributed by atoms with E-state index in [4.69, 9.17) is 10.5 Å². The molecule has 6 nitrogen and oxygen atoms in total. The normalized spacial score (nSPS) is 10.8. The van der Waals surface area contributed by atoms with Crippen LogP contribution in [0.3, 0.4) is 0 Å². The minimum absolute atomic E-state index is 0.333. The lowest BCUT2D eigenvalue weighted by Crippen LogP contribution is -2.35. The summed E-state index contributed by atoms with van der Waals surface area (Å²) >= 11 is 0. The molecule has 0 aromatic carbocycles. The van der Waals surface area contributed by atoms with Crippen LogP contribution in [-0.4, -0.2) is 42.8 Å². The highest BCUT2D eigenvalue weighted by atomic mass is 16.6. The lowest BCUT2D eigenvalue weighted by atomic mass is 10.2. The molecule has 0 radical (unpaired) electrons. The molecule has 0 bridgehead atoms. The van der Waals surface area contributed by atoms with Crippen molar-refractivity contribution in [2.45, 2.75) is 39.2 Å². The maximum Gasteiger partial charge on any atom is 0.410 e. The van der Waals surface area contributed by atoms with Crippen LogP contribution in [0.2, 0.25) is 0 Å². The summed E-state index contributed by atoms with van der Waals surface area (Å²) in [5.41, 5.74) is 4.44. The molecular weight excluding hydrogens is 222 g/mol. The Balaban J connectivity index is 3.68. The molecule has 0 unspecified atom stereocenters. The number of amides is 3. The van der Waals surface area contributed by atoms with Gasteiger partial charge in [-0.25, -0.2) is 9.59 Å². The summed E-state index contributed by atoms with van der Waals surface area (Å²) in [7, 11) is 1.69. The molecule has 0 aliphatic heterocycles. The first-order valence-corrected chi connectivity index (χ1v) is 5.70. The summed E-state index contributed by atoms with van der Waals surface area (Å²) in [6.45, 7) is 6.60. The summed E-state index contributed by atoms with van der Waals surface area (Å²) < 4.78 is 5.19. The van der Waals surface area contributed by atoms with Gasteiger partial charge in [-0.2, -0.15) is 0 Å². The maximum atomic E-state index is 11.5. The zero-order valence-electron chi connectivity index (χ0n) is 11.1. The Labute approximate surface area is 102 Å². The van der Waals surface area contributed by atoms with Gasteiger partial charge >= 0.3 is 12.1 Å². The van der Waals surface area contributed by atoms with Gasteiger partial charge in [-0.15, -0.1) is 0 Å². The highest BCUT2D eigenvalue weighted by Gasteiger charge is 2.18. The second-order valence-electron chi connectivity index (χ2n) is 4.90. The van der Waals surface area contributed by atoms with E-state index < -0.39 is 11.6 Å². The number of ether oxygens (including phenoxy) is 1. The number of nitrogens with zero attached hydrogens (tertiary/aromatic N) is 1. The number of nitrogens with two attached hydrogens (primary N) is 1. The van der Waals surface area contributed by atoms with Gasteiger partial charge in [0.2, 0.25) is 0 Å². The molecule has 0 rings (SSSR count). The number of hydrogen-bond acceptors (Lipinski definition) is 3. The van der Waals surface area contributed by atoms with Gasteiger partial charge in [0.15, 0.2) is 0 Å². The Morgan fingerprint density at radius 3 is 2.35 bits per heavy atom. The first kappa shape index (κ1) is 15.5. The first-order chi connectivity index (χ1) is 7.72. The Hall–Kier alpha value is -1.46. The van der Waals surface area contributed by atoms with Crippen LogP contribution >= 0.6 is 0 Å². The van der Waals surface area contributed by atoms with E-state index in [-0.39, 0.29) is 6.09 Å². The van der Waals surface area contributed by atoms with E-state index in [0.29, 0.717) is 13.1 Å². The van der Waals surface area contributed by atoms with Crippen LogP contribution in [0.25, 0.3) is 0 Å². The van der Waals surface area contributed by atoms with Crippen molar-refractivity contribution in [1.29, 1.82) is 0 Å². The molecule has 0 aromatic heterocycles. The summed E-state index contributed by atoms with van der Waals surface area (Å²) in [6.07, 6.45) is 1.23.